The van der Waals surface area contributed by atoms with Gasteiger partial charge in [0.05, 0.1) is 0 Å². The highest BCUT2D eigenvalue weighted by Crippen LogP contribution is 2.40. The standard InChI is InChI=1S/C43H27N3O/c1-3-12-28(13-4-1)32-18-11-19-33(24-32)41-44-42(34-23-22-29-14-7-8-17-31(29)25-34)46-43(45-41)35-26-37(30-15-5-2-6-16-30)40-36-20-9-10-21-38(36)47-39(40)27-35/h1-27H. The summed E-state index contributed by atoms with van der Waals surface area (Å²) in [6, 6.07) is 56.3. The van der Waals surface area contributed by atoms with Crippen molar-refractivity contribution in [3.8, 4) is 56.4 Å². The lowest BCUT2D eigenvalue weighted by Crippen LogP contribution is -2.00. The van der Waals surface area contributed by atoms with Crippen molar-refractivity contribution in [1.29, 1.82) is 0 Å². The molecular weight excluding hydrogens is 574 g/mol. The molecule has 47 heavy (non-hydrogen) atoms. The van der Waals surface area contributed by atoms with E-state index in [4.69, 9.17) is 19.4 Å². The van der Waals surface area contributed by atoms with Crippen molar-refractivity contribution < 1.29 is 4.42 Å². The number of fused-ring (bicyclic) bond motifs is 4. The SMILES string of the molecule is c1ccc(-c2cccc(-c3nc(-c4ccc5ccccc5c4)nc(-c4cc(-c5ccccc5)c5c(c4)oc4ccccc45)n3)c2)cc1. The van der Waals surface area contributed by atoms with E-state index in [1.165, 1.54) is 5.39 Å². The van der Waals surface area contributed by atoms with Crippen LogP contribution in [0.4, 0.5) is 0 Å². The first-order valence-corrected chi connectivity index (χ1v) is 15.7. The van der Waals surface area contributed by atoms with Crippen molar-refractivity contribution in [1.82, 2.24) is 15.0 Å². The Morgan fingerprint density at radius 2 is 0.936 bits per heavy atom. The van der Waals surface area contributed by atoms with Crippen molar-refractivity contribution in [2.75, 3.05) is 0 Å². The number of hydrogen-bond acceptors (Lipinski definition) is 4. The summed E-state index contributed by atoms with van der Waals surface area (Å²) >= 11 is 0. The summed E-state index contributed by atoms with van der Waals surface area (Å²) in [4.78, 5) is 15.3. The number of furan rings is 1. The molecule has 0 fully saturated rings. The molecule has 0 aliphatic rings. The number of benzene rings is 7. The van der Waals surface area contributed by atoms with Crippen LogP contribution in [0.25, 0.3) is 89.1 Å². The Kier molecular flexibility index (Phi) is 6.43. The lowest BCUT2D eigenvalue weighted by atomic mass is 9.96. The molecule has 0 N–H and O–H groups in total. The van der Waals surface area contributed by atoms with Crippen LogP contribution in [0.5, 0.6) is 0 Å². The van der Waals surface area contributed by atoms with Gasteiger partial charge in [-0.1, -0.05) is 133 Å². The second-order valence-corrected chi connectivity index (χ2v) is 11.7. The van der Waals surface area contributed by atoms with E-state index in [2.05, 4.69) is 140 Å². The maximum Gasteiger partial charge on any atom is 0.164 e. The fourth-order valence-electron chi connectivity index (χ4n) is 6.39. The van der Waals surface area contributed by atoms with E-state index in [-0.39, 0.29) is 0 Å². The van der Waals surface area contributed by atoms with Crippen molar-refractivity contribution >= 4 is 32.7 Å². The molecule has 4 heteroatoms. The lowest BCUT2D eigenvalue weighted by Gasteiger charge is -2.12. The third-order valence-corrected chi connectivity index (χ3v) is 8.69. The van der Waals surface area contributed by atoms with E-state index in [1.807, 2.05) is 24.3 Å². The first-order valence-electron chi connectivity index (χ1n) is 15.7. The Morgan fingerprint density at radius 3 is 1.72 bits per heavy atom. The molecule has 2 aromatic heterocycles. The number of rotatable bonds is 5. The summed E-state index contributed by atoms with van der Waals surface area (Å²) in [5, 5.41) is 4.47. The van der Waals surface area contributed by atoms with Crippen molar-refractivity contribution in [2.24, 2.45) is 0 Å². The molecule has 0 bridgehead atoms. The highest BCUT2D eigenvalue weighted by atomic mass is 16.3. The maximum absolute atomic E-state index is 6.45. The molecule has 0 aliphatic heterocycles. The van der Waals surface area contributed by atoms with Gasteiger partial charge in [-0.25, -0.2) is 15.0 Å². The summed E-state index contributed by atoms with van der Waals surface area (Å²) in [6.07, 6.45) is 0. The van der Waals surface area contributed by atoms with Gasteiger partial charge in [0.1, 0.15) is 11.2 Å². The quantitative estimate of drug-likeness (QED) is 0.197. The van der Waals surface area contributed by atoms with Gasteiger partial charge in [0.25, 0.3) is 0 Å². The summed E-state index contributed by atoms with van der Waals surface area (Å²) in [6.45, 7) is 0. The van der Waals surface area contributed by atoms with E-state index >= 15 is 0 Å². The summed E-state index contributed by atoms with van der Waals surface area (Å²) in [7, 11) is 0. The van der Waals surface area contributed by atoms with E-state index < -0.39 is 0 Å². The monoisotopic (exact) mass is 601 g/mol. The van der Waals surface area contributed by atoms with Gasteiger partial charge in [-0.2, -0.15) is 0 Å². The zero-order valence-electron chi connectivity index (χ0n) is 25.3. The van der Waals surface area contributed by atoms with Crippen LogP contribution in [-0.4, -0.2) is 15.0 Å². The molecule has 9 rings (SSSR count). The van der Waals surface area contributed by atoms with Crippen LogP contribution in [-0.2, 0) is 0 Å². The number of nitrogens with zero attached hydrogens (tertiary/aromatic N) is 3. The number of hydrogen-bond donors (Lipinski definition) is 0. The summed E-state index contributed by atoms with van der Waals surface area (Å²) in [5.41, 5.74) is 8.78. The van der Waals surface area contributed by atoms with Crippen molar-refractivity contribution in [2.45, 2.75) is 0 Å². The highest BCUT2D eigenvalue weighted by molar-refractivity contribution is 6.13. The van der Waals surface area contributed by atoms with E-state index in [0.717, 1.165) is 66.3 Å². The minimum atomic E-state index is 0.586. The van der Waals surface area contributed by atoms with E-state index in [9.17, 15) is 0 Å². The first-order chi connectivity index (χ1) is 23.3. The molecule has 0 saturated heterocycles. The lowest BCUT2D eigenvalue weighted by molar-refractivity contribution is 0.669. The molecular formula is C43H27N3O. The van der Waals surface area contributed by atoms with Crippen LogP contribution in [0.15, 0.2) is 168 Å². The average molecular weight is 602 g/mol. The minimum Gasteiger partial charge on any atom is -0.456 e. The molecule has 0 radical (unpaired) electrons. The Bertz CT molecular complexity index is 2570. The highest BCUT2D eigenvalue weighted by Gasteiger charge is 2.19. The van der Waals surface area contributed by atoms with Gasteiger partial charge in [0, 0.05) is 27.5 Å². The Hall–Kier alpha value is -6.39. The number of aromatic nitrogens is 3. The molecule has 4 nitrogen and oxygen atoms in total. The van der Waals surface area contributed by atoms with Crippen LogP contribution >= 0.6 is 0 Å². The van der Waals surface area contributed by atoms with E-state index in [1.54, 1.807) is 0 Å². The van der Waals surface area contributed by atoms with Gasteiger partial charge in [0.15, 0.2) is 17.5 Å². The Labute approximate surface area is 271 Å². The summed E-state index contributed by atoms with van der Waals surface area (Å²) < 4.78 is 6.45. The largest absolute Gasteiger partial charge is 0.456 e. The van der Waals surface area contributed by atoms with Crippen LogP contribution in [0, 0.1) is 0 Å². The average Bonchev–Trinajstić information content (AvgIpc) is 3.53. The molecule has 0 saturated carbocycles. The first kappa shape index (κ1) is 27.0. The fraction of sp³-hybridized carbons (Fsp3) is 0. The molecule has 7 aromatic carbocycles. The molecule has 220 valence electrons. The normalized spacial score (nSPS) is 11.4. The second kappa shape index (κ2) is 11.2. The van der Waals surface area contributed by atoms with Gasteiger partial charge >= 0.3 is 0 Å². The van der Waals surface area contributed by atoms with Gasteiger partial charge in [-0.15, -0.1) is 0 Å². The minimum absolute atomic E-state index is 0.586. The van der Waals surface area contributed by atoms with E-state index in [0.29, 0.717) is 17.5 Å². The van der Waals surface area contributed by atoms with Gasteiger partial charge < -0.3 is 4.42 Å². The third kappa shape index (κ3) is 4.93. The Morgan fingerprint density at radius 1 is 0.340 bits per heavy atom. The van der Waals surface area contributed by atoms with Gasteiger partial charge in [0.2, 0.25) is 0 Å². The molecule has 0 spiro atoms. The molecule has 0 atom stereocenters. The molecule has 9 aromatic rings. The predicted octanol–water partition coefficient (Wildman–Crippen LogP) is 11.3. The third-order valence-electron chi connectivity index (χ3n) is 8.69. The van der Waals surface area contributed by atoms with Gasteiger partial charge in [-0.3, -0.25) is 0 Å². The zero-order valence-corrected chi connectivity index (χ0v) is 25.3. The van der Waals surface area contributed by atoms with Crippen LogP contribution in [0.2, 0.25) is 0 Å². The smallest absolute Gasteiger partial charge is 0.164 e. The van der Waals surface area contributed by atoms with Gasteiger partial charge in [-0.05, 0) is 63.4 Å². The number of para-hydroxylation sites is 1. The Balaban J connectivity index is 1.29. The summed E-state index contributed by atoms with van der Waals surface area (Å²) in [5.74, 6) is 1.82. The maximum atomic E-state index is 6.45. The molecule has 0 amide bonds. The van der Waals surface area contributed by atoms with Crippen LogP contribution in [0.3, 0.4) is 0 Å². The predicted molar refractivity (Wildman–Crippen MR) is 192 cm³/mol. The molecule has 0 aliphatic carbocycles. The fourth-order valence-corrected chi connectivity index (χ4v) is 6.39. The molecule has 0 unspecified atom stereocenters. The second-order valence-electron chi connectivity index (χ2n) is 11.7. The topological polar surface area (TPSA) is 51.8 Å². The zero-order chi connectivity index (χ0) is 31.2. The van der Waals surface area contributed by atoms with Crippen molar-refractivity contribution in [3.05, 3.63) is 164 Å². The van der Waals surface area contributed by atoms with Crippen LogP contribution < -0.4 is 0 Å². The molecule has 2 heterocycles. The van der Waals surface area contributed by atoms with Crippen molar-refractivity contribution in [3.63, 3.8) is 0 Å². The van der Waals surface area contributed by atoms with Crippen LogP contribution in [0.1, 0.15) is 0 Å².